The molecule has 0 spiro atoms. The van der Waals surface area contributed by atoms with E-state index in [1.165, 1.54) is 12.0 Å². The van der Waals surface area contributed by atoms with E-state index in [4.69, 9.17) is 5.11 Å². The van der Waals surface area contributed by atoms with Gasteiger partial charge in [0.05, 0.1) is 6.61 Å². The fourth-order valence-corrected chi connectivity index (χ4v) is 1.70. The number of hydrogen-bond acceptors (Lipinski definition) is 2. The molecule has 0 bridgehead atoms. The van der Waals surface area contributed by atoms with Crippen molar-refractivity contribution in [3.8, 4) is 0 Å². The molecule has 3 heteroatoms. The summed E-state index contributed by atoms with van der Waals surface area (Å²) in [7, 11) is 0. The molecule has 1 aromatic carbocycles. The Morgan fingerprint density at radius 3 is 2.47 bits per heavy atom. The van der Waals surface area contributed by atoms with Crippen LogP contribution in [0.4, 0.5) is 0 Å². The monoisotopic (exact) mass is 271 g/mol. The lowest BCUT2D eigenvalue weighted by atomic mass is 10.1. The molecule has 1 rings (SSSR count). The molecule has 0 aromatic heterocycles. The minimum absolute atomic E-state index is 0.229. The second kappa shape index (κ2) is 7.85. The number of hydrogen-bond donors (Lipinski definition) is 2. The van der Waals surface area contributed by atoms with Crippen LogP contribution in [0.2, 0.25) is 0 Å². The normalized spacial score (nSPS) is 10.5. The number of nitrogens with one attached hydrogen (secondary N) is 1. The first-order valence-electron chi connectivity index (χ1n) is 5.39. The lowest BCUT2D eigenvalue weighted by Crippen LogP contribution is -2.19. The molecule has 0 amide bonds. The van der Waals surface area contributed by atoms with Gasteiger partial charge in [0.2, 0.25) is 0 Å². The highest BCUT2D eigenvalue weighted by Crippen LogP contribution is 2.12. The maximum atomic E-state index is 8.56. The van der Waals surface area contributed by atoms with Gasteiger partial charge in [0.1, 0.15) is 0 Å². The zero-order valence-electron chi connectivity index (χ0n) is 8.88. The fourth-order valence-electron chi connectivity index (χ4n) is 1.43. The van der Waals surface area contributed by atoms with Crippen molar-refractivity contribution in [3.63, 3.8) is 0 Å². The van der Waals surface area contributed by atoms with E-state index in [9.17, 15) is 0 Å². The van der Waals surface area contributed by atoms with Crippen molar-refractivity contribution >= 4 is 15.9 Å². The first-order chi connectivity index (χ1) is 7.33. The SMILES string of the molecule is OCCNCCCCc1ccc(Br)cc1. The van der Waals surface area contributed by atoms with E-state index in [2.05, 4.69) is 45.5 Å². The molecule has 0 atom stereocenters. The van der Waals surface area contributed by atoms with E-state index in [1.807, 2.05) is 0 Å². The molecule has 0 heterocycles. The van der Waals surface area contributed by atoms with Gasteiger partial charge < -0.3 is 10.4 Å². The molecule has 0 aliphatic rings. The van der Waals surface area contributed by atoms with Crippen molar-refractivity contribution in [2.45, 2.75) is 19.3 Å². The first kappa shape index (κ1) is 12.7. The predicted octanol–water partition coefficient (Wildman–Crippen LogP) is 2.35. The largest absolute Gasteiger partial charge is 0.395 e. The Balaban J connectivity index is 2.07. The van der Waals surface area contributed by atoms with Crippen LogP contribution in [0.5, 0.6) is 0 Å². The number of aliphatic hydroxyl groups is 1. The average Bonchev–Trinajstić information content (AvgIpc) is 2.26. The van der Waals surface area contributed by atoms with Crippen molar-refractivity contribution in [2.75, 3.05) is 19.7 Å². The van der Waals surface area contributed by atoms with Crippen LogP contribution >= 0.6 is 15.9 Å². The second-order valence-electron chi connectivity index (χ2n) is 3.56. The second-order valence-corrected chi connectivity index (χ2v) is 4.47. The van der Waals surface area contributed by atoms with Crippen LogP contribution in [0.3, 0.4) is 0 Å². The van der Waals surface area contributed by atoms with E-state index in [0.717, 1.165) is 23.9 Å². The Labute approximate surface area is 99.8 Å². The van der Waals surface area contributed by atoms with Gasteiger partial charge in [0, 0.05) is 11.0 Å². The number of rotatable bonds is 7. The third kappa shape index (κ3) is 5.92. The molecule has 0 fully saturated rings. The molecule has 84 valence electrons. The van der Waals surface area contributed by atoms with Gasteiger partial charge in [-0.05, 0) is 43.5 Å². The van der Waals surface area contributed by atoms with Gasteiger partial charge in [0.25, 0.3) is 0 Å². The summed E-state index contributed by atoms with van der Waals surface area (Å²) >= 11 is 3.42. The van der Waals surface area contributed by atoms with Crippen molar-refractivity contribution in [1.29, 1.82) is 0 Å². The molecule has 2 N–H and O–H groups in total. The van der Waals surface area contributed by atoms with Gasteiger partial charge in [-0.1, -0.05) is 28.1 Å². The summed E-state index contributed by atoms with van der Waals surface area (Å²) in [5.74, 6) is 0. The maximum absolute atomic E-state index is 8.56. The highest BCUT2D eigenvalue weighted by molar-refractivity contribution is 9.10. The van der Waals surface area contributed by atoms with Crippen LogP contribution in [0.1, 0.15) is 18.4 Å². The van der Waals surface area contributed by atoms with E-state index in [0.29, 0.717) is 6.54 Å². The maximum Gasteiger partial charge on any atom is 0.0555 e. The minimum atomic E-state index is 0.229. The highest BCUT2D eigenvalue weighted by Gasteiger charge is 1.93. The van der Waals surface area contributed by atoms with Gasteiger partial charge in [-0.15, -0.1) is 0 Å². The summed E-state index contributed by atoms with van der Waals surface area (Å²) in [5.41, 5.74) is 1.39. The third-order valence-electron chi connectivity index (χ3n) is 2.27. The summed E-state index contributed by atoms with van der Waals surface area (Å²) < 4.78 is 1.14. The standard InChI is InChI=1S/C12H18BrNO/c13-12-6-4-11(5-7-12)3-1-2-8-14-9-10-15/h4-7,14-15H,1-3,8-10H2. The Morgan fingerprint density at radius 2 is 1.80 bits per heavy atom. The molecular formula is C12H18BrNO. The van der Waals surface area contributed by atoms with Crippen molar-refractivity contribution in [3.05, 3.63) is 34.3 Å². The molecule has 15 heavy (non-hydrogen) atoms. The van der Waals surface area contributed by atoms with Gasteiger partial charge in [0.15, 0.2) is 0 Å². The molecule has 0 aliphatic heterocycles. The quantitative estimate of drug-likeness (QED) is 0.747. The Bertz CT molecular complexity index is 261. The van der Waals surface area contributed by atoms with Gasteiger partial charge in [-0.2, -0.15) is 0 Å². The number of unbranched alkanes of at least 4 members (excludes halogenated alkanes) is 1. The summed E-state index contributed by atoms with van der Waals surface area (Å²) in [6, 6.07) is 8.48. The van der Waals surface area contributed by atoms with Crippen molar-refractivity contribution in [1.82, 2.24) is 5.32 Å². The summed E-state index contributed by atoms with van der Waals surface area (Å²) in [6.45, 7) is 1.93. The molecule has 1 aromatic rings. The van der Waals surface area contributed by atoms with Crippen LogP contribution in [-0.4, -0.2) is 24.8 Å². The van der Waals surface area contributed by atoms with Crippen LogP contribution in [0, 0.1) is 0 Å². The molecule has 0 saturated carbocycles. The van der Waals surface area contributed by atoms with E-state index < -0.39 is 0 Å². The average molecular weight is 272 g/mol. The lowest BCUT2D eigenvalue weighted by Gasteiger charge is -2.03. The fraction of sp³-hybridized carbons (Fsp3) is 0.500. The van der Waals surface area contributed by atoms with E-state index >= 15 is 0 Å². The topological polar surface area (TPSA) is 32.3 Å². The molecular weight excluding hydrogens is 254 g/mol. The molecule has 0 aliphatic carbocycles. The number of benzene rings is 1. The number of aliphatic hydroxyl groups excluding tert-OH is 1. The van der Waals surface area contributed by atoms with Crippen LogP contribution in [0.25, 0.3) is 0 Å². The number of halogens is 1. The smallest absolute Gasteiger partial charge is 0.0555 e. The van der Waals surface area contributed by atoms with E-state index in [-0.39, 0.29) is 6.61 Å². The third-order valence-corrected chi connectivity index (χ3v) is 2.80. The van der Waals surface area contributed by atoms with Crippen LogP contribution in [-0.2, 0) is 6.42 Å². The highest BCUT2D eigenvalue weighted by atomic mass is 79.9. The molecule has 0 saturated heterocycles. The van der Waals surface area contributed by atoms with Gasteiger partial charge in [-0.25, -0.2) is 0 Å². The lowest BCUT2D eigenvalue weighted by molar-refractivity contribution is 0.292. The van der Waals surface area contributed by atoms with Crippen molar-refractivity contribution < 1.29 is 5.11 Å². The molecule has 0 unspecified atom stereocenters. The summed E-state index contributed by atoms with van der Waals surface area (Å²) in [4.78, 5) is 0. The number of aryl methyl sites for hydroxylation is 1. The van der Waals surface area contributed by atoms with E-state index in [1.54, 1.807) is 0 Å². The van der Waals surface area contributed by atoms with Crippen LogP contribution < -0.4 is 5.32 Å². The van der Waals surface area contributed by atoms with Crippen molar-refractivity contribution in [2.24, 2.45) is 0 Å². The summed E-state index contributed by atoms with van der Waals surface area (Å²) in [5, 5.41) is 11.7. The zero-order chi connectivity index (χ0) is 10.9. The van der Waals surface area contributed by atoms with Crippen LogP contribution in [0.15, 0.2) is 28.7 Å². The molecule has 0 radical (unpaired) electrons. The molecule has 2 nitrogen and oxygen atoms in total. The Kier molecular flexibility index (Phi) is 6.64. The zero-order valence-corrected chi connectivity index (χ0v) is 10.5. The Hall–Kier alpha value is -0.380. The predicted molar refractivity (Wildman–Crippen MR) is 67.0 cm³/mol. The van der Waals surface area contributed by atoms with Gasteiger partial charge >= 0.3 is 0 Å². The first-order valence-corrected chi connectivity index (χ1v) is 6.18. The van der Waals surface area contributed by atoms with Gasteiger partial charge in [-0.3, -0.25) is 0 Å². The summed E-state index contributed by atoms with van der Waals surface area (Å²) in [6.07, 6.45) is 3.49. The minimum Gasteiger partial charge on any atom is -0.395 e. The Morgan fingerprint density at radius 1 is 1.07 bits per heavy atom.